The van der Waals surface area contributed by atoms with Gasteiger partial charge in [0.2, 0.25) is 5.91 Å². The highest BCUT2D eigenvalue weighted by Gasteiger charge is 2.63. The predicted molar refractivity (Wildman–Crippen MR) is 153 cm³/mol. The number of amides is 1. The molecule has 1 aromatic rings. The predicted octanol–water partition coefficient (Wildman–Crippen LogP) is 5.99. The van der Waals surface area contributed by atoms with E-state index in [1.54, 1.807) is 0 Å². The molecule has 216 valence electrons. The van der Waals surface area contributed by atoms with Crippen LogP contribution in [-0.4, -0.2) is 52.9 Å². The first-order valence-electron chi connectivity index (χ1n) is 16.0. The molecular formula is C34H51NO4. The van der Waals surface area contributed by atoms with Gasteiger partial charge in [0.1, 0.15) is 6.10 Å². The van der Waals surface area contributed by atoms with E-state index in [1.807, 2.05) is 23.1 Å². The molecule has 5 fully saturated rings. The molecule has 4 saturated carbocycles. The SMILES string of the molecule is C[C@H](CCC(=O)N1CCO[C@H](c2ccccc2)C1)[C@H]1CC[C@H]2[C@@H]3CC[C@@H]4C[C@H](O)CC[C@]4(C)[C@H]3C[C@H](O)[C@]12C. The summed E-state index contributed by atoms with van der Waals surface area (Å²) >= 11 is 0. The molecule has 0 radical (unpaired) electrons. The molecular weight excluding hydrogens is 486 g/mol. The molecule has 1 aromatic carbocycles. The Morgan fingerprint density at radius 2 is 1.85 bits per heavy atom. The van der Waals surface area contributed by atoms with Crippen molar-refractivity contribution in [1.82, 2.24) is 4.90 Å². The largest absolute Gasteiger partial charge is 0.393 e. The number of fused-ring (bicyclic) bond motifs is 5. The smallest absolute Gasteiger partial charge is 0.222 e. The molecule has 4 aliphatic carbocycles. The lowest BCUT2D eigenvalue weighted by Gasteiger charge is -2.62. The molecule has 6 rings (SSSR count). The van der Waals surface area contributed by atoms with Gasteiger partial charge in [-0.25, -0.2) is 0 Å². The van der Waals surface area contributed by atoms with Crippen molar-refractivity contribution in [3.05, 3.63) is 35.9 Å². The fourth-order valence-electron chi connectivity index (χ4n) is 10.6. The van der Waals surface area contributed by atoms with Gasteiger partial charge in [-0.3, -0.25) is 4.79 Å². The van der Waals surface area contributed by atoms with Crippen LogP contribution >= 0.6 is 0 Å². The average Bonchev–Trinajstić information content (AvgIpc) is 3.32. The van der Waals surface area contributed by atoms with Gasteiger partial charge in [-0.15, -0.1) is 0 Å². The number of aliphatic hydroxyl groups is 2. The number of ether oxygens (including phenoxy) is 1. The Morgan fingerprint density at radius 3 is 2.64 bits per heavy atom. The number of carbonyl (C=O) groups is 1. The monoisotopic (exact) mass is 537 g/mol. The van der Waals surface area contributed by atoms with Gasteiger partial charge in [-0.05, 0) is 110 Å². The zero-order valence-corrected chi connectivity index (χ0v) is 24.4. The van der Waals surface area contributed by atoms with Crippen molar-refractivity contribution in [3.8, 4) is 0 Å². The fraction of sp³-hybridized carbons (Fsp3) is 0.794. The number of benzene rings is 1. The fourth-order valence-corrected chi connectivity index (χ4v) is 10.6. The maximum Gasteiger partial charge on any atom is 0.222 e. The van der Waals surface area contributed by atoms with Crippen molar-refractivity contribution >= 4 is 5.91 Å². The van der Waals surface area contributed by atoms with Gasteiger partial charge in [0.25, 0.3) is 0 Å². The molecule has 5 aliphatic rings. The van der Waals surface area contributed by atoms with Gasteiger partial charge in [-0.2, -0.15) is 0 Å². The lowest BCUT2D eigenvalue weighted by atomic mass is 9.43. The first-order valence-corrected chi connectivity index (χ1v) is 16.0. The maximum absolute atomic E-state index is 13.3. The van der Waals surface area contributed by atoms with Gasteiger partial charge in [-0.1, -0.05) is 51.1 Å². The summed E-state index contributed by atoms with van der Waals surface area (Å²) in [6.07, 6.45) is 9.92. The van der Waals surface area contributed by atoms with E-state index in [0.717, 1.165) is 37.7 Å². The molecule has 0 bridgehead atoms. The van der Waals surface area contributed by atoms with Crippen LogP contribution in [0.2, 0.25) is 0 Å². The van der Waals surface area contributed by atoms with E-state index in [4.69, 9.17) is 4.74 Å². The normalized spacial score (nSPS) is 44.7. The molecule has 0 spiro atoms. The quantitative estimate of drug-likeness (QED) is 0.484. The van der Waals surface area contributed by atoms with Crippen LogP contribution in [0.4, 0.5) is 0 Å². The number of aliphatic hydroxyl groups excluding tert-OH is 2. The van der Waals surface area contributed by atoms with Gasteiger partial charge in [0.15, 0.2) is 0 Å². The van der Waals surface area contributed by atoms with Crippen LogP contribution in [0.5, 0.6) is 0 Å². The highest BCUT2D eigenvalue weighted by atomic mass is 16.5. The average molecular weight is 538 g/mol. The second kappa shape index (κ2) is 10.8. The first-order chi connectivity index (χ1) is 18.7. The summed E-state index contributed by atoms with van der Waals surface area (Å²) in [5, 5.41) is 22.2. The summed E-state index contributed by atoms with van der Waals surface area (Å²) in [7, 11) is 0. The third kappa shape index (κ3) is 4.78. The van der Waals surface area contributed by atoms with Crippen molar-refractivity contribution in [2.45, 2.75) is 103 Å². The van der Waals surface area contributed by atoms with E-state index in [9.17, 15) is 15.0 Å². The topological polar surface area (TPSA) is 70.0 Å². The second-order valence-corrected chi connectivity index (χ2v) is 14.5. The van der Waals surface area contributed by atoms with E-state index < -0.39 is 0 Å². The zero-order valence-electron chi connectivity index (χ0n) is 24.4. The minimum atomic E-state index is -0.261. The molecule has 0 unspecified atom stereocenters. The summed E-state index contributed by atoms with van der Waals surface area (Å²) in [6.45, 7) is 9.15. The number of nitrogens with zero attached hydrogens (tertiary/aromatic N) is 1. The number of hydrogen-bond acceptors (Lipinski definition) is 4. The van der Waals surface area contributed by atoms with Gasteiger partial charge in [0.05, 0.1) is 25.4 Å². The summed E-state index contributed by atoms with van der Waals surface area (Å²) in [5.74, 6) is 3.65. The van der Waals surface area contributed by atoms with E-state index in [0.29, 0.717) is 61.6 Å². The maximum atomic E-state index is 13.3. The Labute approximate surface area is 235 Å². The lowest BCUT2D eigenvalue weighted by Crippen LogP contribution is -2.58. The Kier molecular flexibility index (Phi) is 7.65. The molecule has 0 aromatic heterocycles. The Balaban J connectivity index is 1.09. The number of hydrogen-bond donors (Lipinski definition) is 2. The van der Waals surface area contributed by atoms with E-state index >= 15 is 0 Å². The highest BCUT2D eigenvalue weighted by molar-refractivity contribution is 5.76. The Hall–Kier alpha value is -1.43. The summed E-state index contributed by atoms with van der Waals surface area (Å²) < 4.78 is 5.99. The summed E-state index contributed by atoms with van der Waals surface area (Å²) in [6, 6.07) is 10.2. The van der Waals surface area contributed by atoms with E-state index in [1.165, 1.54) is 25.7 Å². The Bertz CT molecular complexity index is 1020. The molecule has 5 nitrogen and oxygen atoms in total. The molecule has 1 saturated heterocycles. The van der Waals surface area contributed by atoms with Crippen LogP contribution in [0.3, 0.4) is 0 Å². The van der Waals surface area contributed by atoms with Crippen LogP contribution in [-0.2, 0) is 9.53 Å². The standard InChI is InChI=1S/C34H51NO4/c1-22(9-14-32(38)35-17-18-39-30(21-35)23-7-5-4-6-8-23)27-12-13-28-26-11-10-24-19-25(36)15-16-33(24,2)29(26)20-31(37)34(27,28)3/h4-8,22,24-31,36-37H,9-21H2,1-3H3/t22-,24-,25-,26+,27-,28+,29+,30+,31+,33+,34-/m1/s1. The second-order valence-electron chi connectivity index (χ2n) is 14.5. The van der Waals surface area contributed by atoms with Gasteiger partial charge in [0, 0.05) is 13.0 Å². The summed E-state index contributed by atoms with van der Waals surface area (Å²) in [4.78, 5) is 15.3. The molecule has 2 N–H and O–H groups in total. The molecule has 1 aliphatic heterocycles. The molecule has 1 amide bonds. The lowest BCUT2D eigenvalue weighted by molar-refractivity contribution is -0.175. The van der Waals surface area contributed by atoms with E-state index in [-0.39, 0.29) is 35.0 Å². The molecule has 5 heteroatoms. The Morgan fingerprint density at radius 1 is 1.05 bits per heavy atom. The minimum absolute atomic E-state index is 0.0365. The molecule has 11 atom stereocenters. The van der Waals surface area contributed by atoms with Crippen molar-refractivity contribution < 1.29 is 19.7 Å². The van der Waals surface area contributed by atoms with Crippen molar-refractivity contribution in [3.63, 3.8) is 0 Å². The van der Waals surface area contributed by atoms with Crippen LogP contribution < -0.4 is 0 Å². The highest BCUT2D eigenvalue weighted by Crippen LogP contribution is 2.68. The van der Waals surface area contributed by atoms with Crippen molar-refractivity contribution in [1.29, 1.82) is 0 Å². The van der Waals surface area contributed by atoms with Crippen LogP contribution in [0.1, 0.15) is 96.6 Å². The third-order valence-electron chi connectivity index (χ3n) is 12.9. The van der Waals surface area contributed by atoms with Crippen molar-refractivity contribution in [2.75, 3.05) is 19.7 Å². The van der Waals surface area contributed by atoms with E-state index in [2.05, 4.69) is 32.9 Å². The van der Waals surface area contributed by atoms with Crippen LogP contribution in [0.25, 0.3) is 0 Å². The van der Waals surface area contributed by atoms with Crippen LogP contribution in [0.15, 0.2) is 30.3 Å². The number of rotatable bonds is 5. The van der Waals surface area contributed by atoms with Crippen molar-refractivity contribution in [2.24, 2.45) is 46.3 Å². The first kappa shape index (κ1) is 27.7. The molecule has 39 heavy (non-hydrogen) atoms. The van der Waals surface area contributed by atoms with Crippen LogP contribution in [0, 0.1) is 46.3 Å². The van der Waals surface area contributed by atoms with Gasteiger partial charge < -0.3 is 19.8 Å². The third-order valence-corrected chi connectivity index (χ3v) is 12.9. The van der Waals surface area contributed by atoms with Gasteiger partial charge >= 0.3 is 0 Å². The number of carbonyl (C=O) groups excluding carboxylic acids is 1. The zero-order chi connectivity index (χ0) is 27.4. The minimum Gasteiger partial charge on any atom is -0.393 e. The molecule has 1 heterocycles. The number of morpholine rings is 1. The summed E-state index contributed by atoms with van der Waals surface area (Å²) in [5.41, 5.74) is 1.37.